The first-order valence-corrected chi connectivity index (χ1v) is 5.49. The van der Waals surface area contributed by atoms with Gasteiger partial charge in [-0.05, 0) is 31.5 Å². The van der Waals surface area contributed by atoms with Crippen molar-refractivity contribution in [3.63, 3.8) is 0 Å². The van der Waals surface area contributed by atoms with Gasteiger partial charge in [0.05, 0.1) is 0 Å². The summed E-state index contributed by atoms with van der Waals surface area (Å²) in [6.07, 6.45) is 1.80. The summed E-state index contributed by atoms with van der Waals surface area (Å²) in [7, 11) is 0. The molecule has 0 atom stereocenters. The second kappa shape index (κ2) is 4.06. The Hall–Kier alpha value is -1.29. The molecule has 4 heteroatoms. The van der Waals surface area contributed by atoms with Crippen LogP contribution in [0.1, 0.15) is 11.3 Å². The van der Waals surface area contributed by atoms with Crippen LogP contribution in [-0.2, 0) is 0 Å². The summed E-state index contributed by atoms with van der Waals surface area (Å²) < 4.78 is 1.05. The molecule has 3 nitrogen and oxygen atoms in total. The molecule has 2 rings (SSSR count). The molecule has 0 radical (unpaired) electrons. The van der Waals surface area contributed by atoms with E-state index in [9.17, 15) is 0 Å². The number of rotatable bonds is 2. The van der Waals surface area contributed by atoms with Crippen molar-refractivity contribution in [2.45, 2.75) is 13.8 Å². The summed E-state index contributed by atoms with van der Waals surface area (Å²) >= 11 is 3.44. The maximum Gasteiger partial charge on any atom is 0.204 e. The number of H-pyrrole nitrogens is 1. The number of benzene rings is 1. The molecule has 2 N–H and O–H groups in total. The molecule has 1 heterocycles. The summed E-state index contributed by atoms with van der Waals surface area (Å²) in [5.41, 5.74) is 3.29. The van der Waals surface area contributed by atoms with Gasteiger partial charge in [0.15, 0.2) is 0 Å². The van der Waals surface area contributed by atoms with Crippen molar-refractivity contribution >= 4 is 27.6 Å². The van der Waals surface area contributed by atoms with Crippen LogP contribution in [0.4, 0.5) is 11.6 Å². The lowest BCUT2D eigenvalue weighted by Gasteiger charge is -2.07. The van der Waals surface area contributed by atoms with Crippen LogP contribution in [0.25, 0.3) is 0 Å². The van der Waals surface area contributed by atoms with Crippen LogP contribution in [0.15, 0.2) is 28.9 Å². The number of nitrogens with zero attached hydrogens (tertiary/aromatic N) is 1. The average molecular weight is 266 g/mol. The molecule has 15 heavy (non-hydrogen) atoms. The molecule has 0 saturated carbocycles. The summed E-state index contributed by atoms with van der Waals surface area (Å²) in [4.78, 5) is 7.33. The van der Waals surface area contributed by atoms with E-state index in [0.29, 0.717) is 0 Å². The normalized spacial score (nSPS) is 10.3. The highest BCUT2D eigenvalue weighted by molar-refractivity contribution is 9.10. The molecule has 1 aromatic heterocycles. The van der Waals surface area contributed by atoms with Gasteiger partial charge < -0.3 is 10.3 Å². The second-order valence-corrected chi connectivity index (χ2v) is 4.41. The molecule has 0 fully saturated rings. The average Bonchev–Trinajstić information content (AvgIpc) is 2.58. The third kappa shape index (κ3) is 2.39. The fraction of sp³-hybridized carbons (Fsp3) is 0.182. The minimum Gasteiger partial charge on any atom is -0.328 e. The van der Waals surface area contributed by atoms with Gasteiger partial charge in [-0.1, -0.05) is 22.0 Å². The van der Waals surface area contributed by atoms with Gasteiger partial charge in [-0.2, -0.15) is 0 Å². The number of imidazole rings is 1. The van der Waals surface area contributed by atoms with Gasteiger partial charge in [0, 0.05) is 22.1 Å². The Morgan fingerprint density at radius 3 is 2.80 bits per heavy atom. The van der Waals surface area contributed by atoms with Crippen LogP contribution in [0.2, 0.25) is 0 Å². The van der Waals surface area contributed by atoms with Crippen molar-refractivity contribution in [3.8, 4) is 0 Å². The standard InChI is InChI=1S/C11H12BrN3/c1-7-3-4-9(12)5-10(7)15-11-13-6-8(2)14-11/h3-6H,1-2H3,(H2,13,14,15). The maximum absolute atomic E-state index is 4.20. The minimum atomic E-state index is 0.772. The largest absolute Gasteiger partial charge is 0.328 e. The maximum atomic E-state index is 4.20. The Balaban J connectivity index is 2.27. The van der Waals surface area contributed by atoms with E-state index in [0.717, 1.165) is 21.8 Å². The molecule has 0 bridgehead atoms. The molecular weight excluding hydrogens is 254 g/mol. The highest BCUT2D eigenvalue weighted by atomic mass is 79.9. The van der Waals surface area contributed by atoms with Crippen molar-refractivity contribution in [2.24, 2.45) is 0 Å². The number of halogens is 1. The Morgan fingerprint density at radius 2 is 2.13 bits per heavy atom. The third-order valence-corrected chi connectivity index (χ3v) is 2.65. The first-order chi connectivity index (χ1) is 7.15. The zero-order valence-corrected chi connectivity index (χ0v) is 10.2. The topological polar surface area (TPSA) is 40.7 Å². The smallest absolute Gasteiger partial charge is 0.204 e. The molecule has 0 unspecified atom stereocenters. The minimum absolute atomic E-state index is 0.772. The molecule has 2 aromatic rings. The Morgan fingerprint density at radius 1 is 1.33 bits per heavy atom. The monoisotopic (exact) mass is 265 g/mol. The van der Waals surface area contributed by atoms with E-state index in [2.05, 4.69) is 44.2 Å². The van der Waals surface area contributed by atoms with Crippen LogP contribution >= 0.6 is 15.9 Å². The number of anilines is 2. The van der Waals surface area contributed by atoms with E-state index in [1.807, 2.05) is 19.1 Å². The van der Waals surface area contributed by atoms with E-state index in [4.69, 9.17) is 0 Å². The van der Waals surface area contributed by atoms with Crippen LogP contribution in [-0.4, -0.2) is 9.97 Å². The van der Waals surface area contributed by atoms with Crippen LogP contribution in [0, 0.1) is 13.8 Å². The first-order valence-electron chi connectivity index (χ1n) is 4.70. The van der Waals surface area contributed by atoms with E-state index in [1.165, 1.54) is 5.56 Å². The number of aryl methyl sites for hydroxylation is 2. The van der Waals surface area contributed by atoms with Gasteiger partial charge in [0.25, 0.3) is 0 Å². The lowest BCUT2D eigenvalue weighted by atomic mass is 10.2. The molecule has 0 aliphatic heterocycles. The molecule has 0 aliphatic rings. The van der Waals surface area contributed by atoms with Gasteiger partial charge >= 0.3 is 0 Å². The fourth-order valence-corrected chi connectivity index (χ4v) is 1.69. The number of hydrogen-bond donors (Lipinski definition) is 2. The Labute approximate surface area is 97.1 Å². The Bertz CT molecular complexity index is 476. The molecular formula is C11H12BrN3. The lowest BCUT2D eigenvalue weighted by Crippen LogP contribution is -1.94. The third-order valence-electron chi connectivity index (χ3n) is 2.16. The Kier molecular flexibility index (Phi) is 2.77. The van der Waals surface area contributed by atoms with E-state index in [-0.39, 0.29) is 0 Å². The van der Waals surface area contributed by atoms with Crippen molar-refractivity contribution in [1.29, 1.82) is 0 Å². The van der Waals surface area contributed by atoms with E-state index in [1.54, 1.807) is 6.20 Å². The highest BCUT2D eigenvalue weighted by Gasteiger charge is 2.01. The predicted octanol–water partition coefficient (Wildman–Crippen LogP) is 3.53. The molecule has 0 spiro atoms. The summed E-state index contributed by atoms with van der Waals surface area (Å²) in [5.74, 6) is 0.772. The number of hydrogen-bond acceptors (Lipinski definition) is 2. The summed E-state index contributed by atoms with van der Waals surface area (Å²) in [5, 5.41) is 3.24. The molecule has 0 saturated heterocycles. The number of aromatic amines is 1. The van der Waals surface area contributed by atoms with Crippen LogP contribution < -0.4 is 5.32 Å². The fourth-order valence-electron chi connectivity index (χ4n) is 1.33. The molecule has 0 aliphatic carbocycles. The zero-order valence-electron chi connectivity index (χ0n) is 8.63. The second-order valence-electron chi connectivity index (χ2n) is 3.50. The van der Waals surface area contributed by atoms with Crippen LogP contribution in [0.3, 0.4) is 0 Å². The van der Waals surface area contributed by atoms with Gasteiger partial charge in [-0.25, -0.2) is 4.98 Å². The number of aromatic nitrogens is 2. The quantitative estimate of drug-likeness (QED) is 0.872. The molecule has 0 amide bonds. The highest BCUT2D eigenvalue weighted by Crippen LogP contribution is 2.22. The summed E-state index contributed by atoms with van der Waals surface area (Å²) in [6, 6.07) is 6.11. The molecule has 78 valence electrons. The first kappa shape index (κ1) is 10.2. The van der Waals surface area contributed by atoms with Gasteiger partial charge in [0.1, 0.15) is 0 Å². The predicted molar refractivity (Wildman–Crippen MR) is 65.5 cm³/mol. The van der Waals surface area contributed by atoms with Crippen molar-refractivity contribution in [2.75, 3.05) is 5.32 Å². The van der Waals surface area contributed by atoms with Crippen molar-refractivity contribution < 1.29 is 0 Å². The number of nitrogens with one attached hydrogen (secondary N) is 2. The van der Waals surface area contributed by atoms with Crippen molar-refractivity contribution in [3.05, 3.63) is 40.1 Å². The summed E-state index contributed by atoms with van der Waals surface area (Å²) in [6.45, 7) is 4.04. The van der Waals surface area contributed by atoms with E-state index < -0.39 is 0 Å². The van der Waals surface area contributed by atoms with Gasteiger partial charge in [0.2, 0.25) is 5.95 Å². The van der Waals surface area contributed by atoms with Crippen LogP contribution in [0.5, 0.6) is 0 Å². The van der Waals surface area contributed by atoms with E-state index >= 15 is 0 Å². The van der Waals surface area contributed by atoms with Crippen molar-refractivity contribution in [1.82, 2.24) is 9.97 Å². The SMILES string of the molecule is Cc1cnc(Nc2cc(Br)ccc2C)[nH]1. The lowest BCUT2D eigenvalue weighted by molar-refractivity contribution is 1.24. The molecule has 1 aromatic carbocycles. The van der Waals surface area contributed by atoms with Gasteiger partial charge in [-0.15, -0.1) is 0 Å². The van der Waals surface area contributed by atoms with Gasteiger partial charge in [-0.3, -0.25) is 0 Å². The zero-order chi connectivity index (χ0) is 10.8.